The molecule has 2 N–H and O–H groups in total. The zero-order valence-electron chi connectivity index (χ0n) is 12.0. The van der Waals surface area contributed by atoms with Crippen LogP contribution in [0.5, 0.6) is 0 Å². The number of aryl methyl sites for hydroxylation is 2. The molecule has 20 heavy (non-hydrogen) atoms. The summed E-state index contributed by atoms with van der Waals surface area (Å²) in [6, 6.07) is 11.1. The van der Waals surface area contributed by atoms with Gasteiger partial charge in [0.25, 0.3) is 0 Å². The van der Waals surface area contributed by atoms with E-state index in [2.05, 4.69) is 30.4 Å². The lowest BCUT2D eigenvalue weighted by atomic mass is 10.0. The van der Waals surface area contributed by atoms with Crippen LogP contribution >= 0.6 is 11.3 Å². The molecule has 0 aliphatic heterocycles. The Kier molecular flexibility index (Phi) is 3.67. The van der Waals surface area contributed by atoms with Crippen LogP contribution in [0.4, 0.5) is 0 Å². The molecule has 1 heterocycles. The Labute approximate surface area is 124 Å². The van der Waals surface area contributed by atoms with E-state index in [-0.39, 0.29) is 0 Å². The van der Waals surface area contributed by atoms with Crippen LogP contribution in [0.3, 0.4) is 0 Å². The van der Waals surface area contributed by atoms with Gasteiger partial charge in [0.1, 0.15) is 5.60 Å². The molecule has 1 aromatic heterocycles. The number of thiophene rings is 1. The van der Waals surface area contributed by atoms with Crippen LogP contribution in [0, 0.1) is 6.92 Å². The summed E-state index contributed by atoms with van der Waals surface area (Å²) in [4.78, 5) is 1.02. The second-order valence-corrected chi connectivity index (χ2v) is 6.87. The minimum Gasteiger partial charge on any atom is -0.383 e. The van der Waals surface area contributed by atoms with Gasteiger partial charge in [0.15, 0.2) is 0 Å². The predicted molar refractivity (Wildman–Crippen MR) is 84.1 cm³/mol. The van der Waals surface area contributed by atoms with Crippen LogP contribution < -0.4 is 5.32 Å². The first kappa shape index (κ1) is 13.8. The standard InChI is InChI=1S/C17H21NOS/c1-12-5-6-13-7-8-15(14(13)10-12)18-11-17(2,19)16-4-3-9-20-16/h3-6,9-10,15,18-19H,7-8,11H2,1-2H3. The molecule has 2 unspecified atom stereocenters. The fraction of sp³-hybridized carbons (Fsp3) is 0.412. The van der Waals surface area contributed by atoms with Crippen molar-refractivity contribution < 1.29 is 5.11 Å². The molecule has 0 saturated heterocycles. The number of fused-ring (bicyclic) bond motifs is 1. The van der Waals surface area contributed by atoms with Gasteiger partial charge in [0, 0.05) is 17.5 Å². The molecule has 0 bridgehead atoms. The topological polar surface area (TPSA) is 32.3 Å². The average molecular weight is 287 g/mol. The molecule has 2 atom stereocenters. The van der Waals surface area contributed by atoms with Crippen LogP contribution in [0.1, 0.15) is 41.0 Å². The van der Waals surface area contributed by atoms with Crippen molar-refractivity contribution in [1.29, 1.82) is 0 Å². The molecule has 0 fully saturated rings. The molecule has 0 spiro atoms. The molecule has 106 valence electrons. The highest BCUT2D eigenvalue weighted by Gasteiger charge is 2.28. The van der Waals surface area contributed by atoms with Gasteiger partial charge in [-0.15, -0.1) is 11.3 Å². The fourth-order valence-electron chi connectivity index (χ4n) is 2.93. The first-order chi connectivity index (χ1) is 9.56. The molecule has 0 saturated carbocycles. The number of hydrogen-bond acceptors (Lipinski definition) is 3. The normalized spacial score (nSPS) is 20.6. The summed E-state index contributed by atoms with van der Waals surface area (Å²) in [6.07, 6.45) is 2.26. The van der Waals surface area contributed by atoms with Gasteiger partial charge in [0.05, 0.1) is 0 Å². The summed E-state index contributed by atoms with van der Waals surface area (Å²) in [5, 5.41) is 16.1. The first-order valence-electron chi connectivity index (χ1n) is 7.15. The maximum Gasteiger partial charge on any atom is 0.108 e. The molecule has 2 nitrogen and oxygen atoms in total. The van der Waals surface area contributed by atoms with Gasteiger partial charge < -0.3 is 10.4 Å². The summed E-state index contributed by atoms with van der Waals surface area (Å²) < 4.78 is 0. The largest absolute Gasteiger partial charge is 0.383 e. The van der Waals surface area contributed by atoms with E-state index in [1.165, 1.54) is 16.7 Å². The molecule has 1 aliphatic carbocycles. The third-order valence-corrected chi connectivity index (χ3v) is 5.25. The summed E-state index contributed by atoms with van der Waals surface area (Å²) in [5.74, 6) is 0. The molecule has 3 heteroatoms. The Bertz CT molecular complexity index is 589. The Morgan fingerprint density at radius 2 is 2.25 bits per heavy atom. The monoisotopic (exact) mass is 287 g/mol. The van der Waals surface area contributed by atoms with Crippen molar-refractivity contribution in [3.05, 3.63) is 57.3 Å². The smallest absolute Gasteiger partial charge is 0.108 e. The number of hydrogen-bond donors (Lipinski definition) is 2. The van der Waals surface area contributed by atoms with Gasteiger partial charge in [-0.1, -0.05) is 29.8 Å². The summed E-state index contributed by atoms with van der Waals surface area (Å²) in [5.41, 5.74) is 3.37. The predicted octanol–water partition coefficient (Wildman–Crippen LogP) is 3.54. The minimum atomic E-state index is -0.791. The van der Waals surface area contributed by atoms with E-state index in [9.17, 15) is 5.11 Å². The Balaban J connectivity index is 1.70. The van der Waals surface area contributed by atoms with Gasteiger partial charge in [-0.05, 0) is 49.3 Å². The maximum absolute atomic E-state index is 10.6. The van der Waals surface area contributed by atoms with Crippen molar-refractivity contribution in [3.63, 3.8) is 0 Å². The maximum atomic E-state index is 10.6. The zero-order valence-corrected chi connectivity index (χ0v) is 12.8. The van der Waals surface area contributed by atoms with Gasteiger partial charge >= 0.3 is 0 Å². The van der Waals surface area contributed by atoms with Crippen molar-refractivity contribution >= 4 is 11.3 Å². The lowest BCUT2D eigenvalue weighted by Crippen LogP contribution is -2.36. The third kappa shape index (κ3) is 2.66. The minimum absolute atomic E-state index is 0.372. The van der Waals surface area contributed by atoms with E-state index < -0.39 is 5.60 Å². The molecule has 0 amide bonds. The second-order valence-electron chi connectivity index (χ2n) is 5.93. The van der Waals surface area contributed by atoms with Gasteiger partial charge in [-0.3, -0.25) is 0 Å². The van der Waals surface area contributed by atoms with E-state index in [0.29, 0.717) is 12.6 Å². The van der Waals surface area contributed by atoms with Crippen LogP contribution in [-0.2, 0) is 12.0 Å². The molecule has 1 aromatic carbocycles. The molecular formula is C17H21NOS. The molecule has 1 aliphatic rings. The highest BCUT2D eigenvalue weighted by Crippen LogP contribution is 2.33. The van der Waals surface area contributed by atoms with E-state index >= 15 is 0 Å². The lowest BCUT2D eigenvalue weighted by Gasteiger charge is -2.25. The summed E-state index contributed by atoms with van der Waals surface area (Å²) >= 11 is 1.61. The van der Waals surface area contributed by atoms with E-state index in [1.54, 1.807) is 11.3 Å². The Hall–Kier alpha value is -1.16. The highest BCUT2D eigenvalue weighted by atomic mass is 32.1. The van der Waals surface area contributed by atoms with E-state index in [1.807, 2.05) is 24.4 Å². The number of nitrogens with one attached hydrogen (secondary N) is 1. The number of benzene rings is 1. The molecular weight excluding hydrogens is 266 g/mol. The van der Waals surface area contributed by atoms with E-state index in [0.717, 1.165) is 17.7 Å². The summed E-state index contributed by atoms with van der Waals surface area (Å²) in [6.45, 7) is 4.61. The molecule has 0 radical (unpaired) electrons. The van der Waals surface area contributed by atoms with E-state index in [4.69, 9.17) is 0 Å². The fourth-order valence-corrected chi connectivity index (χ4v) is 3.71. The second kappa shape index (κ2) is 5.32. The summed E-state index contributed by atoms with van der Waals surface area (Å²) in [7, 11) is 0. The van der Waals surface area contributed by atoms with Crippen molar-refractivity contribution in [2.24, 2.45) is 0 Å². The first-order valence-corrected chi connectivity index (χ1v) is 8.03. The average Bonchev–Trinajstić information content (AvgIpc) is 3.06. The SMILES string of the molecule is Cc1ccc2c(c1)C(NCC(C)(O)c1cccs1)CC2. The Morgan fingerprint density at radius 1 is 1.40 bits per heavy atom. The number of rotatable bonds is 4. The quantitative estimate of drug-likeness (QED) is 0.901. The van der Waals surface area contributed by atoms with Crippen LogP contribution in [0.15, 0.2) is 35.7 Å². The van der Waals surface area contributed by atoms with Gasteiger partial charge in [-0.25, -0.2) is 0 Å². The highest BCUT2D eigenvalue weighted by molar-refractivity contribution is 7.10. The lowest BCUT2D eigenvalue weighted by molar-refractivity contribution is 0.0575. The Morgan fingerprint density at radius 3 is 3.00 bits per heavy atom. The van der Waals surface area contributed by atoms with Gasteiger partial charge in [0.2, 0.25) is 0 Å². The molecule has 3 rings (SSSR count). The zero-order chi connectivity index (χ0) is 14.2. The van der Waals surface area contributed by atoms with Crippen molar-refractivity contribution in [1.82, 2.24) is 5.32 Å². The van der Waals surface area contributed by atoms with Gasteiger partial charge in [-0.2, -0.15) is 0 Å². The van der Waals surface area contributed by atoms with Crippen LogP contribution in [-0.4, -0.2) is 11.7 Å². The van der Waals surface area contributed by atoms with Crippen molar-refractivity contribution in [3.8, 4) is 0 Å². The van der Waals surface area contributed by atoms with Crippen LogP contribution in [0.25, 0.3) is 0 Å². The number of aliphatic hydroxyl groups is 1. The van der Waals surface area contributed by atoms with Crippen molar-refractivity contribution in [2.45, 2.75) is 38.3 Å². The third-order valence-electron chi connectivity index (χ3n) is 4.12. The van der Waals surface area contributed by atoms with Crippen LogP contribution in [0.2, 0.25) is 0 Å². The van der Waals surface area contributed by atoms with Crippen molar-refractivity contribution in [2.75, 3.05) is 6.54 Å². The molecule has 2 aromatic rings.